The first kappa shape index (κ1) is 12.1. The molecule has 0 saturated carbocycles. The Morgan fingerprint density at radius 2 is 2.33 bits per heavy atom. The number of nitrogens with zero attached hydrogens (tertiary/aromatic N) is 3. The number of rotatable bonds is 5. The van der Waals surface area contributed by atoms with E-state index in [1.54, 1.807) is 11.8 Å². The molecule has 1 rings (SSSR count). The van der Waals surface area contributed by atoms with E-state index >= 15 is 0 Å². The van der Waals surface area contributed by atoms with Gasteiger partial charge in [-0.2, -0.15) is 5.10 Å². The smallest absolute Gasteiger partial charge is 0.138 e. The number of ether oxygens (including phenoxy) is 1. The third-order valence-corrected chi connectivity index (χ3v) is 3.05. The standard InChI is InChI=1S/C10H19N3O2/c1-5-10(2,15-4)8(14)6-9-11-7-12-13(9)3/h7-8,14H,5-6H2,1-4H3. The maximum absolute atomic E-state index is 10.1. The summed E-state index contributed by atoms with van der Waals surface area (Å²) in [5.41, 5.74) is -0.522. The van der Waals surface area contributed by atoms with Gasteiger partial charge in [0, 0.05) is 20.6 Å². The van der Waals surface area contributed by atoms with Crippen molar-refractivity contribution in [3.05, 3.63) is 12.2 Å². The third-order valence-electron chi connectivity index (χ3n) is 3.05. The molecule has 0 spiro atoms. The summed E-state index contributed by atoms with van der Waals surface area (Å²) >= 11 is 0. The van der Waals surface area contributed by atoms with E-state index in [0.29, 0.717) is 6.42 Å². The van der Waals surface area contributed by atoms with Gasteiger partial charge in [-0.25, -0.2) is 4.98 Å². The van der Waals surface area contributed by atoms with E-state index in [0.717, 1.165) is 12.2 Å². The second-order valence-electron chi connectivity index (χ2n) is 3.89. The highest BCUT2D eigenvalue weighted by Gasteiger charge is 2.31. The van der Waals surface area contributed by atoms with Crippen molar-refractivity contribution >= 4 is 0 Å². The Bertz CT molecular complexity index is 307. The van der Waals surface area contributed by atoms with Crippen molar-refractivity contribution in [2.75, 3.05) is 7.11 Å². The minimum atomic E-state index is -0.574. The molecule has 0 aliphatic carbocycles. The molecule has 0 amide bonds. The van der Waals surface area contributed by atoms with Gasteiger partial charge in [0.05, 0.1) is 11.7 Å². The number of aliphatic hydroxyl groups excluding tert-OH is 1. The molecule has 1 heterocycles. The number of hydrogen-bond acceptors (Lipinski definition) is 4. The highest BCUT2D eigenvalue weighted by Crippen LogP contribution is 2.21. The number of aryl methyl sites for hydroxylation is 1. The molecule has 5 heteroatoms. The van der Waals surface area contributed by atoms with Crippen LogP contribution in [0.15, 0.2) is 6.33 Å². The average molecular weight is 213 g/mol. The number of aliphatic hydroxyl groups is 1. The quantitative estimate of drug-likeness (QED) is 0.775. The second kappa shape index (κ2) is 4.72. The predicted octanol–water partition coefficient (Wildman–Crippen LogP) is 0.534. The molecule has 0 fully saturated rings. The molecular weight excluding hydrogens is 194 g/mol. The largest absolute Gasteiger partial charge is 0.390 e. The zero-order valence-electron chi connectivity index (χ0n) is 9.77. The normalized spacial score (nSPS) is 17.4. The van der Waals surface area contributed by atoms with Crippen LogP contribution in [0, 0.1) is 0 Å². The fraction of sp³-hybridized carbons (Fsp3) is 0.800. The van der Waals surface area contributed by atoms with Gasteiger partial charge in [-0.05, 0) is 13.3 Å². The second-order valence-corrected chi connectivity index (χ2v) is 3.89. The lowest BCUT2D eigenvalue weighted by atomic mass is 9.93. The lowest BCUT2D eigenvalue weighted by Gasteiger charge is -2.31. The Kier molecular flexibility index (Phi) is 3.82. The summed E-state index contributed by atoms with van der Waals surface area (Å²) in [6.45, 7) is 3.89. The van der Waals surface area contributed by atoms with Crippen molar-refractivity contribution in [3.63, 3.8) is 0 Å². The lowest BCUT2D eigenvalue weighted by Crippen LogP contribution is -2.42. The van der Waals surface area contributed by atoms with Crippen LogP contribution in [0.4, 0.5) is 0 Å². The van der Waals surface area contributed by atoms with Crippen molar-refractivity contribution in [2.45, 2.75) is 38.4 Å². The van der Waals surface area contributed by atoms with Crippen LogP contribution >= 0.6 is 0 Å². The Morgan fingerprint density at radius 1 is 1.67 bits per heavy atom. The zero-order chi connectivity index (χ0) is 11.5. The summed E-state index contributed by atoms with van der Waals surface area (Å²) in [6, 6.07) is 0. The molecule has 0 saturated heterocycles. The van der Waals surface area contributed by atoms with E-state index < -0.39 is 11.7 Å². The van der Waals surface area contributed by atoms with E-state index in [9.17, 15) is 5.11 Å². The summed E-state index contributed by atoms with van der Waals surface area (Å²) in [5.74, 6) is 0.763. The van der Waals surface area contributed by atoms with E-state index in [1.807, 2.05) is 20.9 Å². The molecule has 2 unspecified atom stereocenters. The molecule has 0 aliphatic rings. The minimum absolute atomic E-state index is 0.453. The van der Waals surface area contributed by atoms with Crippen molar-refractivity contribution in [1.29, 1.82) is 0 Å². The van der Waals surface area contributed by atoms with Gasteiger partial charge in [0.2, 0.25) is 0 Å². The molecule has 1 N–H and O–H groups in total. The Morgan fingerprint density at radius 3 is 2.73 bits per heavy atom. The maximum Gasteiger partial charge on any atom is 0.138 e. The fourth-order valence-electron chi connectivity index (χ4n) is 1.41. The Balaban J connectivity index is 2.70. The zero-order valence-corrected chi connectivity index (χ0v) is 9.77. The molecule has 86 valence electrons. The van der Waals surface area contributed by atoms with Gasteiger partial charge in [0.25, 0.3) is 0 Å². The van der Waals surface area contributed by atoms with Crippen LogP contribution in [0.3, 0.4) is 0 Å². The topological polar surface area (TPSA) is 60.2 Å². The highest BCUT2D eigenvalue weighted by molar-refractivity contribution is 4.93. The fourth-order valence-corrected chi connectivity index (χ4v) is 1.41. The first-order valence-electron chi connectivity index (χ1n) is 5.09. The van der Waals surface area contributed by atoms with E-state index in [-0.39, 0.29) is 0 Å². The van der Waals surface area contributed by atoms with Crippen molar-refractivity contribution < 1.29 is 9.84 Å². The third kappa shape index (κ3) is 2.54. The predicted molar refractivity (Wildman–Crippen MR) is 56.4 cm³/mol. The van der Waals surface area contributed by atoms with Gasteiger partial charge in [-0.15, -0.1) is 0 Å². The summed E-state index contributed by atoms with van der Waals surface area (Å²) in [4.78, 5) is 4.07. The van der Waals surface area contributed by atoms with Gasteiger partial charge in [-0.3, -0.25) is 4.68 Å². The SMILES string of the molecule is CCC(C)(OC)C(O)Cc1ncnn1C. The van der Waals surface area contributed by atoms with Gasteiger partial charge >= 0.3 is 0 Å². The first-order valence-corrected chi connectivity index (χ1v) is 5.09. The van der Waals surface area contributed by atoms with Crippen LogP contribution < -0.4 is 0 Å². The van der Waals surface area contributed by atoms with Crippen LogP contribution in [0.2, 0.25) is 0 Å². The van der Waals surface area contributed by atoms with E-state index in [2.05, 4.69) is 10.1 Å². The van der Waals surface area contributed by atoms with Crippen LogP contribution in [0.5, 0.6) is 0 Å². The molecule has 15 heavy (non-hydrogen) atoms. The van der Waals surface area contributed by atoms with E-state index in [4.69, 9.17) is 4.74 Å². The highest BCUT2D eigenvalue weighted by atomic mass is 16.5. The molecule has 1 aromatic rings. The summed E-state index contributed by atoms with van der Waals surface area (Å²) in [6.07, 6.45) is 2.12. The molecular formula is C10H19N3O2. The molecule has 0 bridgehead atoms. The molecule has 0 radical (unpaired) electrons. The van der Waals surface area contributed by atoms with Crippen LogP contribution in [0.25, 0.3) is 0 Å². The molecule has 1 aromatic heterocycles. The van der Waals surface area contributed by atoms with Gasteiger partial charge < -0.3 is 9.84 Å². The lowest BCUT2D eigenvalue weighted by molar-refractivity contribution is -0.0923. The van der Waals surface area contributed by atoms with Crippen LogP contribution in [-0.2, 0) is 18.2 Å². The van der Waals surface area contributed by atoms with Gasteiger partial charge in [0.1, 0.15) is 12.2 Å². The van der Waals surface area contributed by atoms with Crippen molar-refractivity contribution in [2.24, 2.45) is 7.05 Å². The molecule has 0 aliphatic heterocycles. The van der Waals surface area contributed by atoms with Crippen molar-refractivity contribution in [1.82, 2.24) is 14.8 Å². The average Bonchev–Trinajstić information content (AvgIpc) is 2.63. The monoisotopic (exact) mass is 213 g/mol. The maximum atomic E-state index is 10.1. The van der Waals surface area contributed by atoms with Crippen LogP contribution in [-0.4, -0.2) is 38.7 Å². The number of aromatic nitrogens is 3. The number of hydrogen-bond donors (Lipinski definition) is 1. The summed E-state index contributed by atoms with van der Waals surface area (Å²) in [7, 11) is 3.43. The van der Waals surface area contributed by atoms with Crippen LogP contribution in [0.1, 0.15) is 26.1 Å². The molecule has 0 aromatic carbocycles. The minimum Gasteiger partial charge on any atom is -0.390 e. The Labute approximate surface area is 90.1 Å². The first-order chi connectivity index (χ1) is 7.03. The molecule has 2 atom stereocenters. The Hall–Kier alpha value is -0.940. The molecule has 5 nitrogen and oxygen atoms in total. The van der Waals surface area contributed by atoms with Gasteiger partial charge in [0.15, 0.2) is 0 Å². The summed E-state index contributed by atoms with van der Waals surface area (Å²) in [5, 5.41) is 14.0. The number of methoxy groups -OCH3 is 1. The van der Waals surface area contributed by atoms with Gasteiger partial charge in [-0.1, -0.05) is 6.92 Å². The summed E-state index contributed by atoms with van der Waals surface area (Å²) < 4.78 is 6.99. The van der Waals surface area contributed by atoms with E-state index in [1.165, 1.54) is 6.33 Å². The van der Waals surface area contributed by atoms with Crippen molar-refractivity contribution in [3.8, 4) is 0 Å².